The SMILES string of the molecule is CC.CCCC1CN(C)CC1CCN. The molecule has 86 valence electrons. The van der Waals surface area contributed by atoms with E-state index in [1.807, 2.05) is 13.8 Å². The Kier molecular flexibility index (Phi) is 8.20. The summed E-state index contributed by atoms with van der Waals surface area (Å²) >= 11 is 0. The van der Waals surface area contributed by atoms with Crippen molar-refractivity contribution in [3.05, 3.63) is 0 Å². The van der Waals surface area contributed by atoms with Crippen molar-refractivity contribution < 1.29 is 0 Å². The molecular formula is C12H28N2. The first kappa shape index (κ1) is 13.9. The largest absolute Gasteiger partial charge is 0.330 e. The first-order valence-electron chi connectivity index (χ1n) is 6.16. The predicted molar refractivity (Wildman–Crippen MR) is 64.4 cm³/mol. The minimum atomic E-state index is 0.860. The second-order valence-corrected chi connectivity index (χ2v) is 4.11. The summed E-state index contributed by atoms with van der Waals surface area (Å²) in [5.41, 5.74) is 5.59. The third-order valence-electron chi connectivity index (χ3n) is 2.96. The van der Waals surface area contributed by atoms with Crippen LogP contribution in [0.3, 0.4) is 0 Å². The number of nitrogens with zero attached hydrogens (tertiary/aromatic N) is 1. The summed E-state index contributed by atoms with van der Waals surface area (Å²) in [6.45, 7) is 9.69. The minimum absolute atomic E-state index is 0.860. The molecule has 0 amide bonds. The van der Waals surface area contributed by atoms with E-state index in [2.05, 4.69) is 18.9 Å². The number of hydrogen-bond acceptors (Lipinski definition) is 2. The molecule has 0 aromatic rings. The van der Waals surface area contributed by atoms with Crippen molar-refractivity contribution in [2.75, 3.05) is 26.7 Å². The van der Waals surface area contributed by atoms with Gasteiger partial charge in [0.2, 0.25) is 0 Å². The molecule has 2 nitrogen and oxygen atoms in total. The number of nitrogens with two attached hydrogens (primary N) is 1. The summed E-state index contributed by atoms with van der Waals surface area (Å²) < 4.78 is 0. The molecule has 2 heteroatoms. The average Bonchev–Trinajstić information content (AvgIpc) is 2.51. The fourth-order valence-corrected chi connectivity index (χ4v) is 2.41. The lowest BCUT2D eigenvalue weighted by Crippen LogP contribution is -2.16. The molecule has 1 heterocycles. The molecule has 0 aromatic carbocycles. The first-order chi connectivity index (χ1) is 6.77. The molecule has 2 atom stereocenters. The van der Waals surface area contributed by atoms with Crippen LogP contribution in [0.25, 0.3) is 0 Å². The van der Waals surface area contributed by atoms with E-state index in [1.54, 1.807) is 0 Å². The van der Waals surface area contributed by atoms with Gasteiger partial charge in [0.15, 0.2) is 0 Å². The molecular weight excluding hydrogens is 172 g/mol. The Labute approximate surface area is 89.9 Å². The maximum Gasteiger partial charge on any atom is 0.00103 e. The van der Waals surface area contributed by atoms with Crippen molar-refractivity contribution in [1.29, 1.82) is 0 Å². The second kappa shape index (κ2) is 8.25. The van der Waals surface area contributed by atoms with Gasteiger partial charge < -0.3 is 10.6 Å². The molecule has 0 bridgehead atoms. The van der Waals surface area contributed by atoms with Crippen LogP contribution in [-0.2, 0) is 0 Å². The Bertz CT molecular complexity index is 111. The lowest BCUT2D eigenvalue weighted by Gasteiger charge is -2.16. The summed E-state index contributed by atoms with van der Waals surface area (Å²) in [6, 6.07) is 0. The lowest BCUT2D eigenvalue weighted by atomic mass is 9.89. The molecule has 1 aliphatic heterocycles. The monoisotopic (exact) mass is 200 g/mol. The van der Waals surface area contributed by atoms with Crippen molar-refractivity contribution >= 4 is 0 Å². The van der Waals surface area contributed by atoms with Gasteiger partial charge in [0.05, 0.1) is 0 Å². The van der Waals surface area contributed by atoms with Gasteiger partial charge in [0, 0.05) is 13.1 Å². The second-order valence-electron chi connectivity index (χ2n) is 4.11. The van der Waals surface area contributed by atoms with Gasteiger partial charge in [0.1, 0.15) is 0 Å². The Hall–Kier alpha value is -0.0800. The van der Waals surface area contributed by atoms with Gasteiger partial charge in [0.25, 0.3) is 0 Å². The van der Waals surface area contributed by atoms with E-state index in [0.717, 1.165) is 18.4 Å². The molecule has 0 aromatic heterocycles. The van der Waals surface area contributed by atoms with E-state index in [4.69, 9.17) is 5.73 Å². The fraction of sp³-hybridized carbons (Fsp3) is 1.00. The number of likely N-dealkylation sites (tertiary alicyclic amines) is 1. The normalized spacial score (nSPS) is 27.2. The predicted octanol–water partition coefficient (Wildman–Crippen LogP) is 2.34. The van der Waals surface area contributed by atoms with Gasteiger partial charge >= 0.3 is 0 Å². The van der Waals surface area contributed by atoms with Gasteiger partial charge in [-0.05, 0) is 38.3 Å². The van der Waals surface area contributed by atoms with Gasteiger partial charge in [-0.15, -0.1) is 0 Å². The average molecular weight is 200 g/mol. The highest BCUT2D eigenvalue weighted by Gasteiger charge is 2.28. The standard InChI is InChI=1S/C10H22N2.C2H6/c1-3-4-9-7-12(2)8-10(9)5-6-11;1-2/h9-10H,3-8,11H2,1-2H3;1-2H3. The maximum atomic E-state index is 5.59. The molecule has 2 N–H and O–H groups in total. The summed E-state index contributed by atoms with van der Waals surface area (Å²) in [5.74, 6) is 1.79. The van der Waals surface area contributed by atoms with Crippen LogP contribution in [0.4, 0.5) is 0 Å². The highest BCUT2D eigenvalue weighted by atomic mass is 15.1. The Morgan fingerprint density at radius 2 is 1.64 bits per heavy atom. The van der Waals surface area contributed by atoms with Gasteiger partial charge in [-0.25, -0.2) is 0 Å². The molecule has 0 aliphatic carbocycles. The van der Waals surface area contributed by atoms with Crippen molar-refractivity contribution in [2.45, 2.75) is 40.0 Å². The van der Waals surface area contributed by atoms with Gasteiger partial charge in [-0.3, -0.25) is 0 Å². The van der Waals surface area contributed by atoms with Crippen LogP contribution in [0.15, 0.2) is 0 Å². The van der Waals surface area contributed by atoms with Crippen LogP contribution in [0.5, 0.6) is 0 Å². The molecule has 2 unspecified atom stereocenters. The molecule has 0 radical (unpaired) electrons. The van der Waals surface area contributed by atoms with Gasteiger partial charge in [-0.2, -0.15) is 0 Å². The number of rotatable bonds is 4. The zero-order valence-corrected chi connectivity index (χ0v) is 10.4. The smallest absolute Gasteiger partial charge is 0.00103 e. The van der Waals surface area contributed by atoms with Gasteiger partial charge in [-0.1, -0.05) is 27.2 Å². The maximum absolute atomic E-state index is 5.59. The van der Waals surface area contributed by atoms with E-state index in [-0.39, 0.29) is 0 Å². The lowest BCUT2D eigenvalue weighted by molar-refractivity contribution is 0.373. The van der Waals surface area contributed by atoms with Crippen molar-refractivity contribution in [2.24, 2.45) is 17.6 Å². The van der Waals surface area contributed by atoms with E-state index in [1.165, 1.54) is 32.4 Å². The van der Waals surface area contributed by atoms with Crippen LogP contribution in [0.1, 0.15) is 40.0 Å². The van der Waals surface area contributed by atoms with Crippen LogP contribution in [0.2, 0.25) is 0 Å². The molecule has 1 aliphatic rings. The Morgan fingerprint density at radius 1 is 1.14 bits per heavy atom. The van der Waals surface area contributed by atoms with Crippen LogP contribution >= 0.6 is 0 Å². The topological polar surface area (TPSA) is 29.3 Å². The molecule has 0 spiro atoms. The van der Waals surface area contributed by atoms with Crippen LogP contribution in [-0.4, -0.2) is 31.6 Å². The molecule has 0 saturated carbocycles. The van der Waals surface area contributed by atoms with E-state index in [0.29, 0.717) is 0 Å². The third-order valence-corrected chi connectivity index (χ3v) is 2.96. The zero-order valence-electron chi connectivity index (χ0n) is 10.4. The first-order valence-corrected chi connectivity index (χ1v) is 6.16. The molecule has 1 rings (SSSR count). The summed E-state index contributed by atoms with van der Waals surface area (Å²) in [5, 5.41) is 0. The quantitative estimate of drug-likeness (QED) is 0.755. The highest BCUT2D eigenvalue weighted by molar-refractivity contribution is 4.81. The third kappa shape index (κ3) is 4.43. The molecule has 1 fully saturated rings. The van der Waals surface area contributed by atoms with E-state index >= 15 is 0 Å². The highest BCUT2D eigenvalue weighted by Crippen LogP contribution is 2.28. The minimum Gasteiger partial charge on any atom is -0.330 e. The Balaban J connectivity index is 0.000000791. The van der Waals surface area contributed by atoms with Crippen molar-refractivity contribution in [3.63, 3.8) is 0 Å². The summed E-state index contributed by atoms with van der Waals surface area (Å²) in [7, 11) is 2.22. The van der Waals surface area contributed by atoms with Crippen LogP contribution in [0, 0.1) is 11.8 Å². The molecule has 14 heavy (non-hydrogen) atoms. The number of hydrogen-bond donors (Lipinski definition) is 1. The van der Waals surface area contributed by atoms with Crippen molar-refractivity contribution in [3.8, 4) is 0 Å². The molecule has 1 saturated heterocycles. The fourth-order valence-electron chi connectivity index (χ4n) is 2.41. The van der Waals surface area contributed by atoms with Crippen LogP contribution < -0.4 is 5.73 Å². The van der Waals surface area contributed by atoms with E-state index in [9.17, 15) is 0 Å². The summed E-state index contributed by atoms with van der Waals surface area (Å²) in [6.07, 6.45) is 3.92. The summed E-state index contributed by atoms with van der Waals surface area (Å²) in [4.78, 5) is 2.45. The van der Waals surface area contributed by atoms with Crippen molar-refractivity contribution in [1.82, 2.24) is 4.90 Å². The zero-order chi connectivity index (χ0) is 11.0. The Morgan fingerprint density at radius 3 is 2.07 bits per heavy atom. The van der Waals surface area contributed by atoms with E-state index < -0.39 is 0 Å².